The number of thiazole rings is 1. The topological polar surface area (TPSA) is 54.9 Å². The summed E-state index contributed by atoms with van der Waals surface area (Å²) < 4.78 is 11.8. The maximum atomic E-state index is 12.9. The Labute approximate surface area is 159 Å². The van der Waals surface area contributed by atoms with Crippen LogP contribution in [0.3, 0.4) is 0 Å². The van der Waals surface area contributed by atoms with E-state index in [1.54, 1.807) is 0 Å². The molecule has 0 aromatic carbocycles. The van der Waals surface area contributed by atoms with Gasteiger partial charge in [-0.1, -0.05) is 0 Å². The van der Waals surface area contributed by atoms with E-state index in [4.69, 9.17) is 9.47 Å². The monoisotopic (exact) mass is 379 g/mol. The highest BCUT2D eigenvalue weighted by Gasteiger charge is 2.43. The number of likely N-dealkylation sites (tertiary alicyclic amines) is 1. The minimum absolute atomic E-state index is 0.0450. The van der Waals surface area contributed by atoms with Crippen LogP contribution in [0.15, 0.2) is 0 Å². The van der Waals surface area contributed by atoms with Crippen molar-refractivity contribution in [1.82, 2.24) is 14.8 Å². The first-order valence-electron chi connectivity index (χ1n) is 9.75. The normalized spacial score (nSPS) is 27.0. The fourth-order valence-electron chi connectivity index (χ4n) is 4.60. The summed E-state index contributed by atoms with van der Waals surface area (Å²) in [6.45, 7) is 10.1. The average molecular weight is 380 g/mol. The van der Waals surface area contributed by atoms with Crippen molar-refractivity contribution in [2.75, 3.05) is 46.0 Å². The molecule has 1 unspecified atom stereocenters. The number of carbonyl (C=O) groups excluding carboxylic acids is 1. The van der Waals surface area contributed by atoms with Gasteiger partial charge in [-0.3, -0.25) is 9.69 Å². The van der Waals surface area contributed by atoms with E-state index in [1.165, 1.54) is 11.3 Å². The highest BCUT2D eigenvalue weighted by molar-refractivity contribution is 7.13. The quantitative estimate of drug-likeness (QED) is 0.789. The van der Waals surface area contributed by atoms with Crippen molar-refractivity contribution in [2.24, 2.45) is 0 Å². The molecule has 3 saturated heterocycles. The molecule has 0 aliphatic carbocycles. The number of aromatic nitrogens is 1. The van der Waals surface area contributed by atoms with Gasteiger partial charge >= 0.3 is 0 Å². The second-order valence-electron chi connectivity index (χ2n) is 7.77. The first-order chi connectivity index (χ1) is 12.6. The molecule has 1 amide bonds. The Balaban J connectivity index is 1.37. The molecule has 3 aliphatic rings. The largest absolute Gasteiger partial charge is 0.379 e. The third-order valence-corrected chi connectivity index (χ3v) is 7.15. The van der Waals surface area contributed by atoms with Gasteiger partial charge in [-0.15, -0.1) is 11.3 Å². The van der Waals surface area contributed by atoms with Crippen LogP contribution in [0, 0.1) is 13.8 Å². The van der Waals surface area contributed by atoms with Gasteiger partial charge in [0.25, 0.3) is 5.91 Å². The Morgan fingerprint density at radius 1 is 1.15 bits per heavy atom. The van der Waals surface area contributed by atoms with Crippen LogP contribution in [0.25, 0.3) is 0 Å². The van der Waals surface area contributed by atoms with Crippen molar-refractivity contribution in [3.63, 3.8) is 0 Å². The number of piperidine rings is 1. The molecule has 6 nitrogen and oxygen atoms in total. The Bertz CT molecular complexity index is 648. The summed E-state index contributed by atoms with van der Waals surface area (Å²) >= 11 is 1.51. The van der Waals surface area contributed by atoms with Crippen LogP contribution in [0.5, 0.6) is 0 Å². The lowest BCUT2D eigenvalue weighted by molar-refractivity contribution is -0.136. The molecule has 3 aliphatic heterocycles. The van der Waals surface area contributed by atoms with Crippen LogP contribution in [-0.4, -0.2) is 78.3 Å². The van der Waals surface area contributed by atoms with Crippen LogP contribution in [-0.2, 0) is 9.47 Å². The van der Waals surface area contributed by atoms with Crippen LogP contribution in [0.1, 0.15) is 46.1 Å². The van der Waals surface area contributed by atoms with Gasteiger partial charge in [-0.2, -0.15) is 0 Å². The van der Waals surface area contributed by atoms with E-state index in [-0.39, 0.29) is 11.5 Å². The molecular formula is C19H29N3O3S. The van der Waals surface area contributed by atoms with Crippen LogP contribution >= 0.6 is 11.3 Å². The summed E-state index contributed by atoms with van der Waals surface area (Å²) in [7, 11) is 0. The predicted octanol–water partition coefficient (Wildman–Crippen LogP) is 2.25. The van der Waals surface area contributed by atoms with Crippen molar-refractivity contribution >= 4 is 17.2 Å². The average Bonchev–Trinajstić information content (AvgIpc) is 3.01. The number of carbonyl (C=O) groups is 1. The number of nitrogens with zero attached hydrogens (tertiary/aromatic N) is 3. The standard InChI is InChI=1S/C19H29N3O3S/c1-14-17(26-15(2)20-14)18(23)22-6-4-19(5-7-22)13-16(3-10-25-19)21-8-11-24-12-9-21/h16H,3-13H2,1-2H3. The minimum Gasteiger partial charge on any atom is -0.379 e. The van der Waals surface area contributed by atoms with Crippen LogP contribution in [0.4, 0.5) is 0 Å². The summed E-state index contributed by atoms with van der Waals surface area (Å²) in [5.74, 6) is 0.142. The number of amides is 1. The van der Waals surface area contributed by atoms with Gasteiger partial charge in [0, 0.05) is 38.8 Å². The first-order valence-corrected chi connectivity index (χ1v) is 10.6. The first kappa shape index (κ1) is 18.3. The highest BCUT2D eigenvalue weighted by Crippen LogP contribution is 2.37. The zero-order valence-electron chi connectivity index (χ0n) is 15.8. The van der Waals surface area contributed by atoms with Crippen molar-refractivity contribution in [2.45, 2.75) is 51.2 Å². The van der Waals surface area contributed by atoms with Gasteiger partial charge in [0.2, 0.25) is 0 Å². The molecule has 144 valence electrons. The van der Waals surface area contributed by atoms with Crippen molar-refractivity contribution < 1.29 is 14.3 Å². The fourth-order valence-corrected chi connectivity index (χ4v) is 5.48. The Morgan fingerprint density at radius 2 is 1.88 bits per heavy atom. The molecular weight excluding hydrogens is 350 g/mol. The third kappa shape index (κ3) is 3.67. The number of aryl methyl sites for hydroxylation is 2. The van der Waals surface area contributed by atoms with E-state index in [9.17, 15) is 4.79 Å². The zero-order valence-corrected chi connectivity index (χ0v) is 16.6. The number of hydrogen-bond acceptors (Lipinski definition) is 6. The molecule has 1 aromatic rings. The Hall–Kier alpha value is -1.02. The third-order valence-electron chi connectivity index (χ3n) is 6.09. The lowest BCUT2D eigenvalue weighted by Crippen LogP contribution is -2.55. The van der Waals surface area contributed by atoms with E-state index in [1.807, 2.05) is 18.7 Å². The van der Waals surface area contributed by atoms with Crippen molar-refractivity contribution in [1.29, 1.82) is 0 Å². The minimum atomic E-state index is -0.0450. The molecule has 4 heterocycles. The predicted molar refractivity (Wildman–Crippen MR) is 101 cm³/mol. The second kappa shape index (κ2) is 7.54. The Kier molecular flexibility index (Phi) is 5.32. The van der Waals surface area contributed by atoms with Gasteiger partial charge in [0.15, 0.2) is 0 Å². The molecule has 1 aromatic heterocycles. The van der Waals surface area contributed by atoms with Crippen LogP contribution in [0.2, 0.25) is 0 Å². The fraction of sp³-hybridized carbons (Fsp3) is 0.789. The van der Waals surface area contributed by atoms with Gasteiger partial charge < -0.3 is 14.4 Å². The molecule has 0 bridgehead atoms. The van der Waals surface area contributed by atoms with Gasteiger partial charge in [-0.05, 0) is 39.5 Å². The molecule has 0 saturated carbocycles. The maximum absolute atomic E-state index is 12.9. The SMILES string of the molecule is Cc1nc(C)c(C(=O)N2CCC3(CC2)CC(N2CCOCC2)CCO3)s1. The summed E-state index contributed by atoms with van der Waals surface area (Å²) in [5, 5.41) is 0.961. The highest BCUT2D eigenvalue weighted by atomic mass is 32.1. The molecule has 0 N–H and O–H groups in total. The molecule has 1 atom stereocenters. The lowest BCUT2D eigenvalue weighted by Gasteiger charge is -2.49. The molecule has 3 fully saturated rings. The summed E-state index contributed by atoms with van der Waals surface area (Å²) in [6.07, 6.45) is 4.09. The van der Waals surface area contributed by atoms with Crippen molar-refractivity contribution in [3.8, 4) is 0 Å². The Morgan fingerprint density at radius 3 is 2.54 bits per heavy atom. The van der Waals surface area contributed by atoms with Crippen LogP contribution < -0.4 is 0 Å². The second-order valence-corrected chi connectivity index (χ2v) is 8.97. The van der Waals surface area contributed by atoms with Gasteiger partial charge in [0.1, 0.15) is 4.88 Å². The number of rotatable bonds is 2. The lowest BCUT2D eigenvalue weighted by atomic mass is 9.81. The molecule has 1 spiro atoms. The van der Waals surface area contributed by atoms with Crippen molar-refractivity contribution in [3.05, 3.63) is 15.6 Å². The van der Waals surface area contributed by atoms with E-state index in [0.717, 1.165) is 87.3 Å². The van der Waals surface area contributed by atoms with E-state index in [2.05, 4.69) is 9.88 Å². The number of morpholine rings is 1. The summed E-state index contributed by atoms with van der Waals surface area (Å²) in [6, 6.07) is 0.598. The molecule has 7 heteroatoms. The maximum Gasteiger partial charge on any atom is 0.265 e. The van der Waals surface area contributed by atoms with Gasteiger partial charge in [0.05, 0.1) is 29.5 Å². The summed E-state index contributed by atoms with van der Waals surface area (Å²) in [4.78, 5) is 22.6. The van der Waals surface area contributed by atoms with E-state index < -0.39 is 0 Å². The number of hydrogen-bond donors (Lipinski definition) is 0. The molecule has 4 rings (SSSR count). The summed E-state index contributed by atoms with van der Waals surface area (Å²) in [5.41, 5.74) is 0.815. The molecule has 26 heavy (non-hydrogen) atoms. The molecule has 0 radical (unpaired) electrons. The smallest absolute Gasteiger partial charge is 0.265 e. The zero-order chi connectivity index (χ0) is 18.1. The van der Waals surface area contributed by atoms with Gasteiger partial charge in [-0.25, -0.2) is 4.98 Å². The van der Waals surface area contributed by atoms with E-state index in [0.29, 0.717) is 6.04 Å². The number of ether oxygens (including phenoxy) is 2. The van der Waals surface area contributed by atoms with E-state index >= 15 is 0 Å².